The lowest BCUT2D eigenvalue weighted by atomic mass is 9.93. The molecule has 1 saturated heterocycles. The summed E-state index contributed by atoms with van der Waals surface area (Å²) in [5.74, 6) is 2.38. The van der Waals surface area contributed by atoms with Crippen LogP contribution in [0.15, 0.2) is 18.2 Å². The molecule has 0 radical (unpaired) electrons. The maximum atomic E-state index is 5.43. The van der Waals surface area contributed by atoms with E-state index in [1.807, 2.05) is 13.1 Å². The Morgan fingerprint density at radius 1 is 1.19 bits per heavy atom. The normalized spacial score (nSPS) is 22.5. The van der Waals surface area contributed by atoms with Crippen LogP contribution in [0, 0.1) is 5.92 Å². The highest BCUT2D eigenvalue weighted by atomic mass is 16.5. The Kier molecular flexibility index (Phi) is 5.88. The zero-order valence-corrected chi connectivity index (χ0v) is 13.7. The van der Waals surface area contributed by atoms with Crippen LogP contribution in [0.3, 0.4) is 0 Å². The van der Waals surface area contributed by atoms with Gasteiger partial charge in [0, 0.05) is 12.1 Å². The van der Waals surface area contributed by atoms with Gasteiger partial charge in [-0.15, -0.1) is 0 Å². The van der Waals surface area contributed by atoms with Gasteiger partial charge in [0.2, 0.25) is 0 Å². The van der Waals surface area contributed by atoms with Crippen LogP contribution in [0.5, 0.6) is 11.5 Å². The molecule has 0 amide bonds. The number of hydrogen-bond acceptors (Lipinski definition) is 4. The van der Waals surface area contributed by atoms with Gasteiger partial charge in [-0.3, -0.25) is 4.90 Å². The average molecular weight is 292 g/mol. The molecule has 1 heterocycles. The summed E-state index contributed by atoms with van der Waals surface area (Å²) in [6.45, 7) is 5.60. The molecule has 0 saturated carbocycles. The topological polar surface area (TPSA) is 33.7 Å². The van der Waals surface area contributed by atoms with Crippen molar-refractivity contribution >= 4 is 0 Å². The Labute approximate surface area is 128 Å². The molecule has 1 fully saturated rings. The van der Waals surface area contributed by atoms with Crippen molar-refractivity contribution in [3.8, 4) is 11.5 Å². The molecule has 118 valence electrons. The third kappa shape index (κ3) is 3.69. The van der Waals surface area contributed by atoms with E-state index in [1.54, 1.807) is 14.2 Å². The molecule has 2 atom stereocenters. The Balaban J connectivity index is 2.33. The van der Waals surface area contributed by atoms with Gasteiger partial charge in [-0.05, 0) is 63.1 Å². The van der Waals surface area contributed by atoms with Crippen molar-refractivity contribution in [3.63, 3.8) is 0 Å². The molecule has 1 aromatic carbocycles. The van der Waals surface area contributed by atoms with Crippen molar-refractivity contribution < 1.29 is 9.47 Å². The quantitative estimate of drug-likeness (QED) is 0.838. The zero-order chi connectivity index (χ0) is 15.2. The number of hydrogen-bond donors (Lipinski definition) is 1. The maximum absolute atomic E-state index is 5.43. The van der Waals surface area contributed by atoms with Gasteiger partial charge in [0.25, 0.3) is 0 Å². The third-order valence-corrected chi connectivity index (χ3v) is 4.32. The van der Waals surface area contributed by atoms with Crippen LogP contribution in [0.4, 0.5) is 0 Å². The second-order valence-corrected chi connectivity index (χ2v) is 5.73. The fraction of sp³-hybridized carbons (Fsp3) is 0.647. The lowest BCUT2D eigenvalue weighted by molar-refractivity contribution is 0.226. The second kappa shape index (κ2) is 7.66. The Bertz CT molecular complexity index is 414. The Morgan fingerprint density at radius 3 is 2.38 bits per heavy atom. The highest BCUT2D eigenvalue weighted by Crippen LogP contribution is 2.39. The van der Waals surface area contributed by atoms with Gasteiger partial charge in [0.05, 0.1) is 14.2 Å². The van der Waals surface area contributed by atoms with E-state index in [1.165, 1.54) is 24.9 Å². The molecule has 2 rings (SSSR count). The molecule has 1 aliphatic heterocycles. The summed E-state index contributed by atoms with van der Waals surface area (Å²) in [7, 11) is 5.45. The summed E-state index contributed by atoms with van der Waals surface area (Å²) in [6.07, 6.45) is 2.43. The van der Waals surface area contributed by atoms with Crippen LogP contribution in [-0.2, 0) is 0 Å². The Hall–Kier alpha value is -1.26. The third-order valence-electron chi connectivity index (χ3n) is 4.32. The van der Waals surface area contributed by atoms with E-state index in [9.17, 15) is 0 Å². The van der Waals surface area contributed by atoms with Crippen LogP contribution >= 0.6 is 0 Å². The standard InChI is InChI=1S/C17H28N2O2/c1-5-7-19-8-6-13(12-18-2)17(19)14-9-15(20-3)11-16(10-14)21-4/h9-11,13,17-18H,5-8,12H2,1-4H3. The van der Waals surface area contributed by atoms with E-state index in [0.29, 0.717) is 12.0 Å². The molecule has 4 nitrogen and oxygen atoms in total. The summed E-state index contributed by atoms with van der Waals surface area (Å²) in [5.41, 5.74) is 1.30. The molecule has 21 heavy (non-hydrogen) atoms. The van der Waals surface area contributed by atoms with Gasteiger partial charge in [-0.25, -0.2) is 0 Å². The summed E-state index contributed by atoms with van der Waals surface area (Å²) in [4.78, 5) is 2.59. The summed E-state index contributed by atoms with van der Waals surface area (Å²) >= 11 is 0. The predicted molar refractivity (Wildman–Crippen MR) is 86.2 cm³/mol. The first kappa shape index (κ1) is 16.1. The van der Waals surface area contributed by atoms with Crippen molar-refractivity contribution in [2.24, 2.45) is 5.92 Å². The van der Waals surface area contributed by atoms with Crippen LogP contribution in [0.2, 0.25) is 0 Å². The molecule has 1 N–H and O–H groups in total. The van der Waals surface area contributed by atoms with E-state index < -0.39 is 0 Å². The van der Waals surface area contributed by atoms with Gasteiger partial charge in [-0.1, -0.05) is 6.92 Å². The molecule has 1 aromatic rings. The largest absolute Gasteiger partial charge is 0.497 e. The Morgan fingerprint density at radius 2 is 1.86 bits per heavy atom. The lowest BCUT2D eigenvalue weighted by Crippen LogP contribution is -2.29. The highest BCUT2D eigenvalue weighted by Gasteiger charge is 2.34. The molecule has 4 heteroatoms. The molecule has 2 unspecified atom stereocenters. The van der Waals surface area contributed by atoms with E-state index in [0.717, 1.165) is 24.6 Å². The summed E-state index contributed by atoms with van der Waals surface area (Å²) in [6, 6.07) is 6.70. The molecule has 1 aliphatic rings. The number of rotatable bonds is 7. The average Bonchev–Trinajstić information content (AvgIpc) is 2.90. The summed E-state index contributed by atoms with van der Waals surface area (Å²) < 4.78 is 10.9. The van der Waals surface area contributed by atoms with Gasteiger partial charge in [-0.2, -0.15) is 0 Å². The van der Waals surface area contributed by atoms with Gasteiger partial charge in [0.1, 0.15) is 11.5 Å². The number of ether oxygens (including phenoxy) is 2. The van der Waals surface area contributed by atoms with Crippen molar-refractivity contribution in [1.29, 1.82) is 0 Å². The SMILES string of the molecule is CCCN1CCC(CNC)C1c1cc(OC)cc(OC)c1. The van der Waals surface area contributed by atoms with Crippen molar-refractivity contribution in [1.82, 2.24) is 10.2 Å². The minimum absolute atomic E-state index is 0.446. The van der Waals surface area contributed by atoms with Gasteiger partial charge >= 0.3 is 0 Å². The predicted octanol–water partition coefficient (Wildman–Crippen LogP) is 2.70. The fourth-order valence-corrected chi connectivity index (χ4v) is 3.42. The van der Waals surface area contributed by atoms with Crippen molar-refractivity contribution in [3.05, 3.63) is 23.8 Å². The summed E-state index contributed by atoms with van der Waals surface area (Å²) in [5, 5.41) is 3.34. The molecular formula is C17H28N2O2. The molecule has 0 aliphatic carbocycles. The molecule has 0 aromatic heterocycles. The monoisotopic (exact) mass is 292 g/mol. The van der Waals surface area contributed by atoms with E-state index in [4.69, 9.17) is 9.47 Å². The smallest absolute Gasteiger partial charge is 0.122 e. The molecule has 0 spiro atoms. The van der Waals surface area contributed by atoms with Crippen molar-refractivity contribution in [2.45, 2.75) is 25.8 Å². The van der Waals surface area contributed by atoms with Gasteiger partial charge < -0.3 is 14.8 Å². The molecule has 0 bridgehead atoms. The first-order chi connectivity index (χ1) is 10.2. The number of benzene rings is 1. The fourth-order valence-electron chi connectivity index (χ4n) is 3.42. The van der Waals surface area contributed by atoms with Crippen LogP contribution in [0.25, 0.3) is 0 Å². The maximum Gasteiger partial charge on any atom is 0.122 e. The highest BCUT2D eigenvalue weighted by molar-refractivity contribution is 5.40. The number of nitrogens with one attached hydrogen (secondary N) is 1. The van der Waals surface area contributed by atoms with E-state index in [2.05, 4.69) is 29.3 Å². The van der Waals surface area contributed by atoms with Crippen molar-refractivity contribution in [2.75, 3.05) is 40.9 Å². The second-order valence-electron chi connectivity index (χ2n) is 5.73. The lowest BCUT2D eigenvalue weighted by Gasteiger charge is -2.29. The van der Waals surface area contributed by atoms with E-state index in [-0.39, 0.29) is 0 Å². The first-order valence-electron chi connectivity index (χ1n) is 7.85. The zero-order valence-electron chi connectivity index (χ0n) is 13.7. The first-order valence-corrected chi connectivity index (χ1v) is 7.85. The minimum Gasteiger partial charge on any atom is -0.497 e. The van der Waals surface area contributed by atoms with Crippen LogP contribution in [0.1, 0.15) is 31.4 Å². The minimum atomic E-state index is 0.446. The van der Waals surface area contributed by atoms with E-state index >= 15 is 0 Å². The van der Waals surface area contributed by atoms with Crippen LogP contribution < -0.4 is 14.8 Å². The van der Waals surface area contributed by atoms with Gasteiger partial charge in [0.15, 0.2) is 0 Å². The van der Waals surface area contributed by atoms with Crippen LogP contribution in [-0.4, -0.2) is 45.8 Å². The number of nitrogens with zero attached hydrogens (tertiary/aromatic N) is 1. The number of likely N-dealkylation sites (tertiary alicyclic amines) is 1. The number of methoxy groups -OCH3 is 2. The molecular weight excluding hydrogens is 264 g/mol.